The number of halogens is 2. The fraction of sp³-hybridized carbons (Fsp3) is 0.353. The van der Waals surface area contributed by atoms with Crippen LogP contribution in [0.15, 0.2) is 18.3 Å². The predicted octanol–water partition coefficient (Wildman–Crippen LogP) is 2.01. The van der Waals surface area contributed by atoms with Gasteiger partial charge in [-0.25, -0.2) is 13.6 Å². The topological polar surface area (TPSA) is 176 Å². The van der Waals surface area contributed by atoms with Crippen LogP contribution < -0.4 is 26.3 Å². The van der Waals surface area contributed by atoms with Crippen molar-refractivity contribution in [3.63, 3.8) is 0 Å². The third kappa shape index (κ3) is 5.28. The summed E-state index contributed by atoms with van der Waals surface area (Å²) >= 11 is 0.426. The molecule has 2 aromatic rings. The van der Waals surface area contributed by atoms with E-state index in [0.717, 1.165) is 0 Å². The number of nitrogens with two attached hydrogens (primary N) is 1. The van der Waals surface area contributed by atoms with Crippen LogP contribution in [-0.2, 0) is 24.8 Å². The molecule has 0 radical (unpaired) electrons. The zero-order valence-electron chi connectivity index (χ0n) is 17.1. The smallest absolute Gasteiger partial charge is 0.402 e. The lowest BCUT2D eigenvalue weighted by atomic mass is 10.1. The molecule has 0 saturated heterocycles. The van der Waals surface area contributed by atoms with Crippen LogP contribution in [0.4, 0.5) is 8.78 Å². The summed E-state index contributed by atoms with van der Waals surface area (Å²) in [6.07, 6.45) is 1.57. The van der Waals surface area contributed by atoms with Crippen LogP contribution in [0, 0.1) is 11.3 Å². The molecule has 0 fully saturated rings. The minimum absolute atomic E-state index is 0.0320. The van der Waals surface area contributed by atoms with Gasteiger partial charge in [0.1, 0.15) is 16.7 Å². The number of ether oxygens (including phenoxy) is 1. The maximum Gasteiger partial charge on any atom is 0.402 e. The van der Waals surface area contributed by atoms with Gasteiger partial charge in [-0.05, 0) is 25.5 Å². The van der Waals surface area contributed by atoms with E-state index >= 15 is 8.78 Å². The first-order valence-corrected chi connectivity index (χ1v) is 13.5. The van der Waals surface area contributed by atoms with Gasteiger partial charge in [-0.15, -0.1) is 11.3 Å². The molecule has 1 aromatic carbocycles. The molecule has 2 heterocycles. The molecule has 1 aromatic heterocycles. The fourth-order valence-corrected chi connectivity index (χ4v) is 5.94. The average molecular weight is 523 g/mol. The normalized spacial score (nSPS) is 15.9. The molecule has 180 valence electrons. The van der Waals surface area contributed by atoms with Crippen LogP contribution in [0.1, 0.15) is 29.3 Å². The number of nitriles is 1. The Hall–Kier alpha value is -2.31. The second kappa shape index (κ2) is 9.51. The van der Waals surface area contributed by atoms with E-state index in [2.05, 4.69) is 20.9 Å². The van der Waals surface area contributed by atoms with Crippen molar-refractivity contribution < 1.29 is 35.9 Å². The molecule has 1 aliphatic rings. The van der Waals surface area contributed by atoms with Gasteiger partial charge in [0.05, 0.1) is 34.9 Å². The summed E-state index contributed by atoms with van der Waals surface area (Å²) in [5, 5.41) is 14.7. The summed E-state index contributed by atoms with van der Waals surface area (Å²) in [6, 6.07) is 4.65. The molecule has 1 aliphatic heterocycles. The summed E-state index contributed by atoms with van der Waals surface area (Å²) in [6.45, 7) is 0.749. The van der Waals surface area contributed by atoms with Crippen molar-refractivity contribution in [2.45, 2.75) is 19.0 Å². The molecule has 33 heavy (non-hydrogen) atoms. The van der Waals surface area contributed by atoms with Crippen molar-refractivity contribution in [2.75, 3.05) is 19.0 Å². The summed E-state index contributed by atoms with van der Waals surface area (Å²) < 4.78 is 74.7. The first kappa shape index (κ1) is 25.3. The number of hydrogen-bond donors (Lipinski definition) is 5. The summed E-state index contributed by atoms with van der Waals surface area (Å²) in [7, 11) is -9.16. The Morgan fingerprint density at radius 3 is 2.70 bits per heavy atom. The number of fused-ring (bicyclic) bond motifs is 1. The zero-order valence-corrected chi connectivity index (χ0v) is 19.6. The minimum Gasteiger partial charge on any atom is -0.492 e. The highest BCUT2D eigenvalue weighted by atomic mass is 32.2. The van der Waals surface area contributed by atoms with Gasteiger partial charge in [-0.1, -0.05) is 0 Å². The number of alkyl halides is 2. The van der Waals surface area contributed by atoms with Gasteiger partial charge in [0.15, 0.2) is 0 Å². The lowest BCUT2D eigenvalue weighted by molar-refractivity contribution is 0.0498. The number of rotatable bonds is 10. The average Bonchev–Trinajstić information content (AvgIpc) is 3.38. The SMILES string of the molecule is CCOP(=O)(O)C(F)(F)c1sc2c(OCCCS(N)(=O)=O)cc(C3=CNNN3)cc2c1C#N. The van der Waals surface area contributed by atoms with Gasteiger partial charge < -0.3 is 25.0 Å². The van der Waals surface area contributed by atoms with Gasteiger partial charge in [-0.3, -0.25) is 4.57 Å². The van der Waals surface area contributed by atoms with E-state index in [1.54, 1.807) is 6.07 Å². The second-order valence-electron chi connectivity index (χ2n) is 6.77. The second-order valence-corrected chi connectivity index (χ2v) is 11.4. The van der Waals surface area contributed by atoms with Gasteiger partial charge in [0.2, 0.25) is 10.0 Å². The van der Waals surface area contributed by atoms with Crippen molar-refractivity contribution in [3.8, 4) is 11.8 Å². The van der Waals surface area contributed by atoms with E-state index < -0.39 is 40.3 Å². The highest BCUT2D eigenvalue weighted by Crippen LogP contribution is 2.65. The Bertz CT molecular complexity index is 1290. The van der Waals surface area contributed by atoms with E-state index in [4.69, 9.17) is 9.88 Å². The fourth-order valence-electron chi connectivity index (χ4n) is 2.98. The molecule has 0 amide bonds. The van der Waals surface area contributed by atoms with Crippen LogP contribution in [0.5, 0.6) is 5.75 Å². The Balaban J connectivity index is 2.14. The summed E-state index contributed by atoms with van der Waals surface area (Å²) in [4.78, 5) is 8.90. The van der Waals surface area contributed by atoms with E-state index in [-0.39, 0.29) is 34.6 Å². The number of hydrogen-bond acceptors (Lipinski definition) is 10. The van der Waals surface area contributed by atoms with E-state index in [1.807, 2.05) is 0 Å². The summed E-state index contributed by atoms with van der Waals surface area (Å²) in [5.41, 5.74) is 4.18. The molecule has 1 unspecified atom stereocenters. The van der Waals surface area contributed by atoms with E-state index in [9.17, 15) is 23.1 Å². The Kier molecular flexibility index (Phi) is 7.30. The number of primary sulfonamides is 1. The third-order valence-electron chi connectivity index (χ3n) is 4.43. The minimum atomic E-state index is -5.44. The lowest BCUT2D eigenvalue weighted by Crippen LogP contribution is -2.31. The molecule has 6 N–H and O–H groups in total. The van der Waals surface area contributed by atoms with Crippen molar-refractivity contribution in [1.82, 2.24) is 16.4 Å². The van der Waals surface area contributed by atoms with Crippen molar-refractivity contribution >= 4 is 44.7 Å². The highest BCUT2D eigenvalue weighted by molar-refractivity contribution is 7.89. The van der Waals surface area contributed by atoms with Crippen LogP contribution in [0.3, 0.4) is 0 Å². The standard InChI is InChI=1S/C17H20F2N5O6PS2/c1-2-30-31(25,26)17(18,19)16-12(8-20)11-6-10(13-9-22-24-23-13)7-14(15(11)32-16)29-4-3-5-33(21,27)28/h6-7,9,22-24H,2-5H2,1H3,(H,25,26)(H2,21,27,28). The van der Waals surface area contributed by atoms with Crippen LogP contribution in [0.25, 0.3) is 15.8 Å². The quantitative estimate of drug-likeness (QED) is 0.229. The molecular formula is C17H20F2N5O6PS2. The Morgan fingerprint density at radius 2 is 2.12 bits per heavy atom. The first-order chi connectivity index (χ1) is 15.4. The van der Waals surface area contributed by atoms with Gasteiger partial charge in [-0.2, -0.15) is 19.6 Å². The van der Waals surface area contributed by atoms with Crippen LogP contribution in [0.2, 0.25) is 0 Å². The van der Waals surface area contributed by atoms with Crippen molar-refractivity contribution in [2.24, 2.45) is 5.14 Å². The van der Waals surface area contributed by atoms with Crippen LogP contribution in [-0.4, -0.2) is 32.3 Å². The van der Waals surface area contributed by atoms with Gasteiger partial charge >= 0.3 is 13.3 Å². The monoisotopic (exact) mass is 523 g/mol. The lowest BCUT2D eigenvalue weighted by Gasteiger charge is -2.20. The molecule has 0 spiro atoms. The summed E-state index contributed by atoms with van der Waals surface area (Å²) in [5.74, 6) is -0.269. The number of sulfonamides is 1. The number of hydrazine groups is 2. The number of benzene rings is 1. The Morgan fingerprint density at radius 1 is 1.39 bits per heavy atom. The van der Waals surface area contributed by atoms with E-state index in [1.165, 1.54) is 25.3 Å². The predicted molar refractivity (Wildman–Crippen MR) is 117 cm³/mol. The van der Waals surface area contributed by atoms with Crippen LogP contribution >= 0.6 is 18.9 Å². The first-order valence-electron chi connectivity index (χ1n) is 9.38. The third-order valence-corrected chi connectivity index (χ3v) is 8.27. The molecule has 16 heteroatoms. The molecule has 0 aliphatic carbocycles. The largest absolute Gasteiger partial charge is 0.492 e. The molecule has 11 nitrogen and oxygen atoms in total. The molecule has 1 atom stereocenters. The number of nitrogens with zero attached hydrogens (tertiary/aromatic N) is 1. The zero-order chi connectivity index (χ0) is 24.4. The van der Waals surface area contributed by atoms with E-state index in [0.29, 0.717) is 22.6 Å². The number of nitrogens with one attached hydrogen (secondary N) is 3. The van der Waals surface area contributed by atoms with Gasteiger partial charge in [0.25, 0.3) is 0 Å². The molecule has 0 bridgehead atoms. The molecule has 0 saturated carbocycles. The highest BCUT2D eigenvalue weighted by Gasteiger charge is 2.55. The molecular weight excluding hydrogens is 503 g/mol. The van der Waals surface area contributed by atoms with Crippen molar-refractivity contribution in [3.05, 3.63) is 34.3 Å². The van der Waals surface area contributed by atoms with Gasteiger partial charge in [0, 0.05) is 17.1 Å². The maximum absolute atomic E-state index is 15.0. The maximum atomic E-state index is 15.0. The molecule has 3 rings (SSSR count). The number of thiophene rings is 1. The van der Waals surface area contributed by atoms with Crippen molar-refractivity contribution in [1.29, 1.82) is 5.26 Å². The Labute approximate surface area is 191 Å².